The summed E-state index contributed by atoms with van der Waals surface area (Å²) in [6.07, 6.45) is -2.61. The molecule has 0 aliphatic rings. The van der Waals surface area contributed by atoms with E-state index in [0.29, 0.717) is 32.2 Å². The number of carbonyl (C=O) groups is 11. The summed E-state index contributed by atoms with van der Waals surface area (Å²) in [5, 5.41) is 52.8. The maximum Gasteiger partial charge on any atom is 0.245 e. The third-order valence-corrected chi connectivity index (χ3v) is 12.2. The first-order chi connectivity index (χ1) is 38.4. The van der Waals surface area contributed by atoms with Crippen LogP contribution >= 0.6 is 0 Å². The molecule has 11 amide bonds. The molecule has 34 heteroatoms. The summed E-state index contributed by atoms with van der Waals surface area (Å²) in [7, 11) is 3.62. The molecule has 0 aromatic rings. The van der Waals surface area contributed by atoms with Crippen LogP contribution in [0.5, 0.6) is 0 Å². The van der Waals surface area contributed by atoms with Crippen LogP contribution in [0.1, 0.15) is 105 Å². The minimum atomic E-state index is -1.85. The fourth-order valence-electron chi connectivity index (χ4n) is 7.48. The number of hydrogen-bond donors (Lipinski definition) is 20. The predicted octanol–water partition coefficient (Wildman–Crippen LogP) is -9.81. The second-order valence-electron chi connectivity index (χ2n) is 19.9. The van der Waals surface area contributed by atoms with Crippen LogP contribution < -0.4 is 93.7 Å². The lowest BCUT2D eigenvalue weighted by atomic mass is 10.0. The van der Waals surface area contributed by atoms with Gasteiger partial charge in [-0.3, -0.25) is 62.7 Å². The van der Waals surface area contributed by atoms with E-state index in [4.69, 9.17) is 45.9 Å². The monoisotopic (exact) mass is 1170 g/mol. The van der Waals surface area contributed by atoms with Crippen molar-refractivity contribution in [1.82, 2.24) is 52.8 Å². The fourth-order valence-corrected chi connectivity index (χ4v) is 7.48. The van der Waals surface area contributed by atoms with E-state index in [2.05, 4.69) is 57.8 Å². The number of carbonyl (C=O) groups excluding carboxylic acids is 11. The van der Waals surface area contributed by atoms with Gasteiger partial charge in [0.05, 0.1) is 24.9 Å². The number of primary amides is 2. The largest absolute Gasteiger partial charge is 0.394 e. The van der Waals surface area contributed by atoms with E-state index in [1.54, 1.807) is 0 Å². The van der Waals surface area contributed by atoms with E-state index in [1.165, 1.54) is 20.8 Å². The van der Waals surface area contributed by atoms with Gasteiger partial charge < -0.3 is 114 Å². The Kier molecular flexibility index (Phi) is 36.1. The zero-order valence-corrected chi connectivity index (χ0v) is 47.7. The highest BCUT2D eigenvalue weighted by Gasteiger charge is 2.37. The smallest absolute Gasteiger partial charge is 0.245 e. The molecule has 0 saturated heterocycles. The van der Waals surface area contributed by atoms with Crippen LogP contribution in [-0.4, -0.2) is 217 Å². The van der Waals surface area contributed by atoms with Crippen molar-refractivity contribution < 1.29 is 68.1 Å². The molecule has 468 valence electrons. The van der Waals surface area contributed by atoms with Gasteiger partial charge >= 0.3 is 0 Å². The molecular formula is C48H92N20O14. The summed E-state index contributed by atoms with van der Waals surface area (Å²) in [5.74, 6) is -11.1. The second-order valence-corrected chi connectivity index (χ2v) is 19.9. The Balaban J connectivity index is 6.74. The van der Waals surface area contributed by atoms with Crippen LogP contribution in [0, 0.1) is 0 Å². The third-order valence-electron chi connectivity index (χ3n) is 12.2. The molecule has 0 saturated carbocycles. The Morgan fingerprint density at radius 3 is 1.17 bits per heavy atom. The van der Waals surface area contributed by atoms with Crippen LogP contribution in [0.2, 0.25) is 0 Å². The number of guanidine groups is 2. The minimum Gasteiger partial charge on any atom is -0.394 e. The summed E-state index contributed by atoms with van der Waals surface area (Å²) >= 11 is 0. The van der Waals surface area contributed by atoms with Gasteiger partial charge in [-0.1, -0.05) is 0 Å². The molecule has 0 aliphatic heterocycles. The molecule has 0 bridgehead atoms. The van der Waals surface area contributed by atoms with E-state index >= 15 is 0 Å². The van der Waals surface area contributed by atoms with Gasteiger partial charge in [0.15, 0.2) is 11.9 Å². The fraction of sp³-hybridized carbons (Fsp3) is 0.729. The molecule has 0 unspecified atom stereocenters. The highest BCUT2D eigenvalue weighted by atomic mass is 16.3. The number of nitrogens with two attached hydrogens (primary N) is 8. The van der Waals surface area contributed by atoms with Crippen molar-refractivity contribution in [3.05, 3.63) is 0 Å². The molecule has 0 radical (unpaired) electrons. The van der Waals surface area contributed by atoms with Crippen molar-refractivity contribution >= 4 is 76.9 Å². The maximum absolute atomic E-state index is 14.2. The third kappa shape index (κ3) is 30.9. The Hall–Kier alpha value is -7.53. The number of aliphatic hydroxyl groups excluding tert-OH is 3. The molecule has 34 nitrogen and oxygen atoms in total. The van der Waals surface area contributed by atoms with Crippen LogP contribution in [-0.2, 0) is 52.7 Å². The highest BCUT2D eigenvalue weighted by Crippen LogP contribution is 2.10. The minimum absolute atomic E-state index is 0.00147. The Labute approximate surface area is 476 Å². The number of hydrogen-bond acceptors (Lipinski definition) is 19. The lowest BCUT2D eigenvalue weighted by molar-refractivity contribution is -0.137. The molecule has 0 rings (SSSR count). The topological polar surface area (TPSA) is 593 Å². The average molecular weight is 1170 g/mol. The van der Waals surface area contributed by atoms with Gasteiger partial charge in [-0.2, -0.15) is 0 Å². The number of aliphatic imine (C=N–C) groups is 2. The van der Waals surface area contributed by atoms with Crippen LogP contribution in [0.3, 0.4) is 0 Å². The lowest BCUT2D eigenvalue weighted by Crippen LogP contribution is -2.62. The van der Waals surface area contributed by atoms with E-state index in [1.807, 2.05) is 19.0 Å². The normalized spacial score (nSPS) is 15.5. The van der Waals surface area contributed by atoms with Gasteiger partial charge in [-0.15, -0.1) is 0 Å². The van der Waals surface area contributed by atoms with Crippen LogP contribution in [0.15, 0.2) is 9.98 Å². The van der Waals surface area contributed by atoms with Gasteiger partial charge in [-0.05, 0) is 126 Å². The Morgan fingerprint density at radius 1 is 0.451 bits per heavy atom. The molecule has 0 aliphatic carbocycles. The number of amides is 11. The first kappa shape index (κ1) is 74.5. The highest BCUT2D eigenvalue weighted by molar-refractivity contribution is 5.99. The van der Waals surface area contributed by atoms with Gasteiger partial charge in [0, 0.05) is 19.5 Å². The van der Waals surface area contributed by atoms with Crippen molar-refractivity contribution in [2.24, 2.45) is 55.9 Å². The summed E-state index contributed by atoms with van der Waals surface area (Å²) in [5.41, 5.74) is 43.6. The summed E-state index contributed by atoms with van der Waals surface area (Å²) < 4.78 is 0. The van der Waals surface area contributed by atoms with E-state index < -0.39 is 157 Å². The Bertz CT molecular complexity index is 2160. The van der Waals surface area contributed by atoms with Gasteiger partial charge in [0.2, 0.25) is 65.0 Å². The number of nitrogens with one attached hydrogen (secondary N) is 9. The number of nitrogens with zero attached hydrogens (tertiary/aromatic N) is 3. The van der Waals surface area contributed by atoms with E-state index in [-0.39, 0.29) is 70.1 Å². The Morgan fingerprint density at radius 2 is 0.805 bits per heavy atom. The average Bonchev–Trinajstić information content (AvgIpc) is 3.46. The molecular weight excluding hydrogens is 1080 g/mol. The number of rotatable bonds is 42. The summed E-state index contributed by atoms with van der Waals surface area (Å²) in [6.45, 7) is 4.92. The van der Waals surface area contributed by atoms with E-state index in [0.717, 1.165) is 6.92 Å². The number of aliphatic hydroxyl groups is 3. The molecule has 0 aromatic carbocycles. The quantitative estimate of drug-likeness (QED) is 0.0153. The first-order valence-electron chi connectivity index (χ1n) is 26.9. The van der Waals surface area contributed by atoms with Crippen LogP contribution in [0.4, 0.5) is 0 Å². The standard InChI is InChI=1S/C48H92N20O14/c1-24(50)38(74)60-31(16-12-21-58-48(55)56)43(79)67-36(27(4)71)46(82)64-29(14-8-10-22-68(5)6)40(76)63-32(17-18-34(51)72)44(80)66-35(26(3)70)45(81)59-25(2)39(75)61-30(15-11-20-57-47(53)54)41(77)62-28(13-7-9-19-49)42(78)65-33(23-69)37(52)73/h24-33,35-36,69-71H,7-23,49-50H2,1-6H3,(H2,51,72)(H2,52,73)(H,59,81)(H,60,74)(H,61,75)(H,62,77)(H,63,76)(H,64,82)(H,65,78)(H,66,80)(H,67,79)(H4,53,54,57)(H4,55,56,58)/t24-,25-,26+,27+,28-,29-,30-,31-,32-,33-,35-,36-/m0/s1. The van der Waals surface area contributed by atoms with Gasteiger partial charge in [0.1, 0.15) is 54.4 Å². The predicted molar refractivity (Wildman–Crippen MR) is 300 cm³/mol. The number of unbranched alkanes of at least 4 members (excludes halogenated alkanes) is 2. The van der Waals surface area contributed by atoms with Crippen molar-refractivity contribution in [3.63, 3.8) is 0 Å². The SMILES string of the molecule is C[C@H](N)C(=O)N[C@@H](CCCN=C(N)N)C(=O)N[C@H](C(=O)N[C@@H](CCCCN(C)C)C(=O)N[C@@H](CCC(N)=O)C(=O)N[C@H](C(=O)N[C@@H](C)C(=O)N[C@@H](CCCN=C(N)N)C(=O)N[C@@H](CCCCN)C(=O)N[C@@H](CO)C(N)=O)[C@@H](C)O)[C@@H](C)O. The lowest BCUT2D eigenvalue weighted by Gasteiger charge is -2.29. The van der Waals surface area contributed by atoms with Crippen molar-refractivity contribution in [2.75, 3.05) is 46.9 Å². The zero-order chi connectivity index (χ0) is 62.8. The summed E-state index contributed by atoms with van der Waals surface area (Å²) in [6, 6.07) is -14.8. The molecule has 0 spiro atoms. The van der Waals surface area contributed by atoms with Gasteiger partial charge in [0.25, 0.3) is 0 Å². The molecule has 28 N–H and O–H groups in total. The summed E-state index contributed by atoms with van der Waals surface area (Å²) in [4.78, 5) is 156. The molecule has 0 heterocycles. The molecule has 82 heavy (non-hydrogen) atoms. The molecule has 12 atom stereocenters. The van der Waals surface area contributed by atoms with Crippen molar-refractivity contribution in [1.29, 1.82) is 0 Å². The van der Waals surface area contributed by atoms with Gasteiger partial charge in [-0.25, -0.2) is 0 Å². The first-order valence-corrected chi connectivity index (χ1v) is 26.9. The maximum atomic E-state index is 14.2. The van der Waals surface area contributed by atoms with Crippen LogP contribution in [0.25, 0.3) is 0 Å². The van der Waals surface area contributed by atoms with Crippen molar-refractivity contribution in [2.45, 2.75) is 177 Å². The zero-order valence-electron chi connectivity index (χ0n) is 47.7. The second kappa shape index (κ2) is 39.8. The van der Waals surface area contributed by atoms with Crippen molar-refractivity contribution in [3.8, 4) is 0 Å². The molecule has 0 aromatic heterocycles. The molecule has 0 fully saturated rings. The van der Waals surface area contributed by atoms with E-state index in [9.17, 15) is 68.1 Å².